The van der Waals surface area contributed by atoms with Crippen LogP contribution in [0.5, 0.6) is 5.75 Å². The number of rotatable bonds is 5. The van der Waals surface area contributed by atoms with E-state index in [0.29, 0.717) is 24.7 Å². The smallest absolute Gasteiger partial charge is 0.260 e. The third-order valence-electron chi connectivity index (χ3n) is 4.46. The maximum atomic E-state index is 12.2. The predicted molar refractivity (Wildman–Crippen MR) is 87.2 cm³/mol. The van der Waals surface area contributed by atoms with Crippen molar-refractivity contribution in [1.29, 1.82) is 0 Å². The van der Waals surface area contributed by atoms with Gasteiger partial charge in [0.15, 0.2) is 6.61 Å². The molecule has 7 heteroatoms. The Morgan fingerprint density at radius 3 is 2.83 bits per heavy atom. The van der Waals surface area contributed by atoms with Gasteiger partial charge in [0.1, 0.15) is 17.7 Å². The average molecular weight is 330 g/mol. The maximum Gasteiger partial charge on any atom is 0.260 e. The average Bonchev–Trinajstić information content (AvgIpc) is 3.06. The fourth-order valence-corrected chi connectivity index (χ4v) is 3.01. The van der Waals surface area contributed by atoms with Gasteiger partial charge < -0.3 is 19.3 Å². The zero-order chi connectivity index (χ0) is 16.9. The highest BCUT2D eigenvalue weighted by Crippen LogP contribution is 2.29. The molecule has 7 nitrogen and oxygen atoms in total. The van der Waals surface area contributed by atoms with Gasteiger partial charge in [0.2, 0.25) is 0 Å². The predicted octanol–water partition coefficient (Wildman–Crippen LogP) is 1.17. The summed E-state index contributed by atoms with van der Waals surface area (Å²) in [6.07, 6.45) is 7.68. The van der Waals surface area contributed by atoms with Crippen molar-refractivity contribution in [3.05, 3.63) is 42.7 Å². The van der Waals surface area contributed by atoms with E-state index in [1.54, 1.807) is 35.6 Å². The molecule has 1 atom stereocenters. The number of likely N-dealkylation sites (tertiary alicyclic amines) is 1. The molecule has 2 aromatic heterocycles. The minimum atomic E-state index is -0.589. The first-order valence-corrected chi connectivity index (χ1v) is 8.11. The molecule has 3 rings (SSSR count). The number of piperidine rings is 1. The van der Waals surface area contributed by atoms with Crippen LogP contribution in [0.2, 0.25) is 0 Å². The molecule has 1 aliphatic heterocycles. The van der Waals surface area contributed by atoms with Gasteiger partial charge in [-0.15, -0.1) is 0 Å². The van der Waals surface area contributed by atoms with Crippen molar-refractivity contribution in [3.63, 3.8) is 0 Å². The van der Waals surface area contributed by atoms with Crippen LogP contribution in [-0.2, 0) is 11.8 Å². The lowest BCUT2D eigenvalue weighted by molar-refractivity contribution is -0.135. The van der Waals surface area contributed by atoms with Crippen molar-refractivity contribution in [1.82, 2.24) is 19.4 Å². The molecular formula is C17H22N4O3. The third kappa shape index (κ3) is 3.73. The van der Waals surface area contributed by atoms with Gasteiger partial charge in [-0.05, 0) is 30.9 Å². The van der Waals surface area contributed by atoms with Crippen molar-refractivity contribution in [2.75, 3.05) is 19.7 Å². The van der Waals surface area contributed by atoms with Crippen LogP contribution in [0.25, 0.3) is 0 Å². The van der Waals surface area contributed by atoms with Gasteiger partial charge in [-0.25, -0.2) is 4.98 Å². The van der Waals surface area contributed by atoms with Gasteiger partial charge in [0.05, 0.1) is 6.20 Å². The number of hydrogen-bond acceptors (Lipinski definition) is 5. The van der Waals surface area contributed by atoms with Crippen LogP contribution in [0.3, 0.4) is 0 Å². The third-order valence-corrected chi connectivity index (χ3v) is 4.46. The Morgan fingerprint density at radius 2 is 2.21 bits per heavy atom. The molecule has 24 heavy (non-hydrogen) atoms. The van der Waals surface area contributed by atoms with Crippen LogP contribution in [0.4, 0.5) is 0 Å². The van der Waals surface area contributed by atoms with Crippen LogP contribution in [-0.4, -0.2) is 50.1 Å². The molecule has 0 aliphatic carbocycles. The molecule has 0 spiro atoms. The first-order valence-electron chi connectivity index (χ1n) is 8.11. The van der Waals surface area contributed by atoms with E-state index in [4.69, 9.17) is 4.74 Å². The summed E-state index contributed by atoms with van der Waals surface area (Å²) in [6.45, 7) is 1.26. The second-order valence-corrected chi connectivity index (χ2v) is 6.04. The van der Waals surface area contributed by atoms with Gasteiger partial charge in [0, 0.05) is 38.7 Å². The minimum Gasteiger partial charge on any atom is -0.482 e. The number of carbonyl (C=O) groups is 1. The van der Waals surface area contributed by atoms with E-state index >= 15 is 0 Å². The Morgan fingerprint density at radius 1 is 1.42 bits per heavy atom. The molecule has 1 aliphatic rings. The van der Waals surface area contributed by atoms with E-state index in [-0.39, 0.29) is 18.4 Å². The minimum absolute atomic E-state index is 0.0122. The molecule has 1 saturated heterocycles. The zero-order valence-electron chi connectivity index (χ0n) is 13.7. The molecule has 3 heterocycles. The molecule has 0 saturated carbocycles. The number of aromatic nitrogens is 3. The van der Waals surface area contributed by atoms with Crippen LogP contribution in [0.15, 0.2) is 36.9 Å². The van der Waals surface area contributed by atoms with Crippen LogP contribution < -0.4 is 4.74 Å². The van der Waals surface area contributed by atoms with Crippen molar-refractivity contribution in [2.45, 2.75) is 18.9 Å². The van der Waals surface area contributed by atoms with Crippen molar-refractivity contribution >= 4 is 5.91 Å². The first-order chi connectivity index (χ1) is 11.6. The number of amides is 1. The largest absolute Gasteiger partial charge is 0.482 e. The van der Waals surface area contributed by atoms with Crippen molar-refractivity contribution in [3.8, 4) is 5.75 Å². The SMILES string of the molecule is Cn1ccnc1[C@H](O)C1CCN(C(=O)COc2cccnc2)CC1. The molecule has 0 aromatic carbocycles. The highest BCUT2D eigenvalue weighted by atomic mass is 16.5. The monoisotopic (exact) mass is 330 g/mol. The van der Waals surface area contributed by atoms with Gasteiger partial charge in [0.25, 0.3) is 5.91 Å². The topological polar surface area (TPSA) is 80.5 Å². The fourth-order valence-electron chi connectivity index (χ4n) is 3.01. The van der Waals surface area contributed by atoms with E-state index in [9.17, 15) is 9.90 Å². The van der Waals surface area contributed by atoms with E-state index in [1.807, 2.05) is 17.8 Å². The number of ether oxygens (including phenoxy) is 1. The highest BCUT2D eigenvalue weighted by molar-refractivity contribution is 5.77. The Balaban J connectivity index is 1.48. The summed E-state index contributed by atoms with van der Waals surface area (Å²) in [5.74, 6) is 1.35. The molecule has 1 N–H and O–H groups in total. The number of aryl methyl sites for hydroxylation is 1. The summed E-state index contributed by atoms with van der Waals surface area (Å²) in [5.41, 5.74) is 0. The van der Waals surface area contributed by atoms with Crippen LogP contribution in [0, 0.1) is 5.92 Å². The Kier molecular flexibility index (Phi) is 5.10. The van der Waals surface area contributed by atoms with Gasteiger partial charge in [-0.2, -0.15) is 0 Å². The number of imidazole rings is 1. The van der Waals surface area contributed by atoms with E-state index < -0.39 is 6.10 Å². The van der Waals surface area contributed by atoms with Gasteiger partial charge >= 0.3 is 0 Å². The lowest BCUT2D eigenvalue weighted by Gasteiger charge is -2.34. The molecule has 0 bridgehead atoms. The van der Waals surface area contributed by atoms with Gasteiger partial charge in [-0.1, -0.05) is 0 Å². The highest BCUT2D eigenvalue weighted by Gasteiger charge is 2.30. The summed E-state index contributed by atoms with van der Waals surface area (Å²) in [7, 11) is 1.87. The molecule has 128 valence electrons. The second-order valence-electron chi connectivity index (χ2n) is 6.04. The lowest BCUT2D eigenvalue weighted by atomic mass is 9.90. The summed E-state index contributed by atoms with van der Waals surface area (Å²) < 4.78 is 7.29. The zero-order valence-corrected chi connectivity index (χ0v) is 13.7. The number of aliphatic hydroxyl groups is 1. The molecule has 0 radical (unpaired) electrons. The van der Waals surface area contributed by atoms with Crippen molar-refractivity contribution in [2.24, 2.45) is 13.0 Å². The normalized spacial score (nSPS) is 16.8. The summed E-state index contributed by atoms with van der Waals surface area (Å²) in [4.78, 5) is 22.2. The van der Waals surface area contributed by atoms with E-state index in [2.05, 4.69) is 9.97 Å². The number of pyridine rings is 1. The fraction of sp³-hybridized carbons (Fsp3) is 0.471. The first kappa shape index (κ1) is 16.4. The molecular weight excluding hydrogens is 308 g/mol. The summed E-state index contributed by atoms with van der Waals surface area (Å²) >= 11 is 0. The summed E-state index contributed by atoms with van der Waals surface area (Å²) in [5, 5.41) is 10.5. The molecule has 2 aromatic rings. The lowest BCUT2D eigenvalue weighted by Crippen LogP contribution is -2.42. The van der Waals surface area contributed by atoms with E-state index in [0.717, 1.165) is 12.8 Å². The number of hydrogen-bond donors (Lipinski definition) is 1. The molecule has 0 unspecified atom stereocenters. The van der Waals surface area contributed by atoms with Crippen molar-refractivity contribution < 1.29 is 14.6 Å². The Hall–Kier alpha value is -2.41. The van der Waals surface area contributed by atoms with Crippen LogP contribution >= 0.6 is 0 Å². The van der Waals surface area contributed by atoms with E-state index in [1.165, 1.54) is 0 Å². The maximum absolute atomic E-state index is 12.2. The molecule has 1 amide bonds. The standard InChI is InChI=1S/C17H22N4O3/c1-20-10-7-19-17(20)16(23)13-4-8-21(9-5-13)15(22)12-24-14-3-2-6-18-11-14/h2-3,6-7,10-11,13,16,23H,4-5,8-9,12H2,1H3/t16-/m1/s1. The molecule has 1 fully saturated rings. The number of carbonyl (C=O) groups excluding carboxylic acids is 1. The second kappa shape index (κ2) is 7.44. The quantitative estimate of drug-likeness (QED) is 0.890. The number of nitrogens with zero attached hydrogens (tertiary/aromatic N) is 4. The van der Waals surface area contributed by atoms with Gasteiger partial charge in [-0.3, -0.25) is 9.78 Å². The Bertz CT molecular complexity index is 665. The summed E-state index contributed by atoms with van der Waals surface area (Å²) in [6, 6.07) is 3.54. The van der Waals surface area contributed by atoms with Crippen LogP contribution in [0.1, 0.15) is 24.8 Å². The Labute approximate surface area is 140 Å². The number of aliphatic hydroxyl groups excluding tert-OH is 1.